The molecule has 0 radical (unpaired) electrons. The molecule has 0 aromatic heterocycles. The maximum Gasteiger partial charge on any atom is 0.323 e. The van der Waals surface area contributed by atoms with E-state index in [-0.39, 0.29) is 17.1 Å². The van der Waals surface area contributed by atoms with Gasteiger partial charge in [-0.1, -0.05) is 6.07 Å². The fourth-order valence-electron chi connectivity index (χ4n) is 2.05. The summed E-state index contributed by atoms with van der Waals surface area (Å²) in [6, 6.07) is 10.9. The number of hydrogen-bond donors (Lipinski definition) is 2. The lowest BCUT2D eigenvalue weighted by Crippen LogP contribution is -2.42. The summed E-state index contributed by atoms with van der Waals surface area (Å²) >= 11 is 0. The van der Waals surface area contributed by atoms with E-state index in [1.165, 1.54) is 42.5 Å². The van der Waals surface area contributed by atoms with Crippen LogP contribution >= 0.6 is 0 Å². The van der Waals surface area contributed by atoms with E-state index in [1.807, 2.05) is 0 Å². The molecule has 128 valence electrons. The quantitative estimate of drug-likeness (QED) is 0.377. The molecule has 2 aromatic rings. The number of nitrogens with two attached hydrogens (primary N) is 1. The zero-order valence-corrected chi connectivity index (χ0v) is 13.1. The van der Waals surface area contributed by atoms with Gasteiger partial charge in [-0.05, 0) is 30.3 Å². The summed E-state index contributed by atoms with van der Waals surface area (Å²) in [5, 5.41) is 13.0. The number of benzene rings is 2. The summed E-state index contributed by atoms with van der Waals surface area (Å²) in [5.41, 5.74) is 5.99. The van der Waals surface area contributed by atoms with Crippen molar-refractivity contribution in [1.29, 1.82) is 0 Å². The van der Waals surface area contributed by atoms with E-state index < -0.39 is 22.6 Å². The van der Waals surface area contributed by atoms with E-state index in [2.05, 4.69) is 5.32 Å². The summed E-state index contributed by atoms with van der Waals surface area (Å²) < 4.78 is 0. The Bertz CT molecular complexity index is 848. The Hall–Kier alpha value is -3.75. The van der Waals surface area contributed by atoms with Crippen molar-refractivity contribution in [1.82, 2.24) is 0 Å². The minimum Gasteiger partial charge on any atom is -0.399 e. The lowest BCUT2D eigenvalue weighted by molar-refractivity contribution is -0.384. The van der Waals surface area contributed by atoms with Crippen molar-refractivity contribution in [3.8, 4) is 0 Å². The van der Waals surface area contributed by atoms with Gasteiger partial charge in [0.15, 0.2) is 0 Å². The molecule has 0 heterocycles. The number of nitro benzene ring substituents is 1. The number of amides is 3. The van der Waals surface area contributed by atoms with Gasteiger partial charge in [0, 0.05) is 30.4 Å². The van der Waals surface area contributed by atoms with Crippen LogP contribution in [0.3, 0.4) is 0 Å². The predicted octanol–water partition coefficient (Wildman–Crippen LogP) is 1.70. The number of anilines is 3. The molecule has 0 aliphatic rings. The normalized spacial score (nSPS) is 9.96. The second kappa shape index (κ2) is 7.21. The van der Waals surface area contributed by atoms with Crippen LogP contribution in [0.2, 0.25) is 0 Å². The number of carbonyl (C=O) groups excluding carboxylic acids is 3. The Morgan fingerprint density at radius 2 is 1.76 bits per heavy atom. The number of nitrogen functional groups attached to an aromatic ring is 1. The molecule has 0 aliphatic carbocycles. The maximum absolute atomic E-state index is 12.3. The summed E-state index contributed by atoms with van der Waals surface area (Å²) in [6.07, 6.45) is 0. The molecule has 0 fully saturated rings. The highest BCUT2D eigenvalue weighted by molar-refractivity contribution is 6.48. The molecule has 9 nitrogen and oxygen atoms in total. The Labute approximate surface area is 142 Å². The van der Waals surface area contributed by atoms with Gasteiger partial charge in [0.2, 0.25) is 5.91 Å². The Morgan fingerprint density at radius 3 is 2.32 bits per heavy atom. The average molecular weight is 342 g/mol. The van der Waals surface area contributed by atoms with E-state index in [4.69, 9.17) is 5.73 Å². The Kier molecular flexibility index (Phi) is 5.08. The molecule has 0 bridgehead atoms. The number of rotatable bonds is 3. The molecule has 0 saturated carbocycles. The van der Waals surface area contributed by atoms with E-state index >= 15 is 0 Å². The first-order valence-corrected chi connectivity index (χ1v) is 7.05. The standard InChI is InChI=1S/C16H14N4O5/c1-10(21)19(13-7-5-11(17)6-8-13)16(23)15(22)18-12-3-2-4-14(9-12)20(24)25/h2-9H,17H2,1H3,(H,18,22). The van der Waals surface area contributed by atoms with Gasteiger partial charge < -0.3 is 11.1 Å². The number of nitrogens with zero attached hydrogens (tertiary/aromatic N) is 2. The molecule has 0 atom stereocenters. The number of nitro groups is 1. The number of imide groups is 1. The highest BCUT2D eigenvalue weighted by atomic mass is 16.6. The zero-order chi connectivity index (χ0) is 18.6. The first-order chi connectivity index (χ1) is 11.8. The average Bonchev–Trinajstić information content (AvgIpc) is 2.56. The van der Waals surface area contributed by atoms with Gasteiger partial charge in [0.05, 0.1) is 10.6 Å². The molecule has 2 aromatic carbocycles. The van der Waals surface area contributed by atoms with Crippen molar-refractivity contribution in [2.75, 3.05) is 16.0 Å². The van der Waals surface area contributed by atoms with Crippen LogP contribution in [0.5, 0.6) is 0 Å². The zero-order valence-electron chi connectivity index (χ0n) is 13.1. The van der Waals surface area contributed by atoms with Gasteiger partial charge >= 0.3 is 11.8 Å². The molecule has 25 heavy (non-hydrogen) atoms. The summed E-state index contributed by atoms with van der Waals surface area (Å²) in [7, 11) is 0. The third-order valence-corrected chi connectivity index (χ3v) is 3.18. The Morgan fingerprint density at radius 1 is 1.12 bits per heavy atom. The second-order valence-corrected chi connectivity index (χ2v) is 5.01. The topological polar surface area (TPSA) is 136 Å². The fraction of sp³-hybridized carbons (Fsp3) is 0.0625. The number of carbonyl (C=O) groups is 3. The monoisotopic (exact) mass is 342 g/mol. The van der Waals surface area contributed by atoms with Crippen molar-refractivity contribution in [3.05, 3.63) is 58.6 Å². The van der Waals surface area contributed by atoms with Crippen LogP contribution in [-0.2, 0) is 14.4 Å². The predicted molar refractivity (Wildman–Crippen MR) is 90.7 cm³/mol. The molecule has 0 aliphatic heterocycles. The van der Waals surface area contributed by atoms with E-state index in [9.17, 15) is 24.5 Å². The Balaban J connectivity index is 2.23. The van der Waals surface area contributed by atoms with E-state index in [0.29, 0.717) is 10.6 Å². The minimum absolute atomic E-state index is 0.0633. The third kappa shape index (κ3) is 4.16. The van der Waals surface area contributed by atoms with Crippen molar-refractivity contribution in [2.24, 2.45) is 0 Å². The van der Waals surface area contributed by atoms with E-state index in [1.54, 1.807) is 0 Å². The molecule has 0 unspecified atom stereocenters. The van der Waals surface area contributed by atoms with Gasteiger partial charge in [-0.2, -0.15) is 0 Å². The van der Waals surface area contributed by atoms with Gasteiger partial charge in [-0.3, -0.25) is 24.5 Å². The number of hydrogen-bond acceptors (Lipinski definition) is 6. The van der Waals surface area contributed by atoms with Crippen LogP contribution < -0.4 is 16.0 Å². The van der Waals surface area contributed by atoms with Crippen LogP contribution in [-0.4, -0.2) is 22.6 Å². The smallest absolute Gasteiger partial charge is 0.323 e. The van der Waals surface area contributed by atoms with Crippen LogP contribution in [0, 0.1) is 10.1 Å². The largest absolute Gasteiger partial charge is 0.399 e. The molecule has 0 spiro atoms. The molecular weight excluding hydrogens is 328 g/mol. The summed E-state index contributed by atoms with van der Waals surface area (Å²) in [4.78, 5) is 47.0. The number of nitrogens with one attached hydrogen (secondary N) is 1. The lowest BCUT2D eigenvalue weighted by Gasteiger charge is -2.18. The molecule has 3 amide bonds. The first-order valence-electron chi connectivity index (χ1n) is 7.05. The van der Waals surface area contributed by atoms with E-state index in [0.717, 1.165) is 13.0 Å². The summed E-state index contributed by atoms with van der Waals surface area (Å²) in [5.74, 6) is -2.89. The van der Waals surface area contributed by atoms with Crippen molar-refractivity contribution in [2.45, 2.75) is 6.92 Å². The highest BCUT2D eigenvalue weighted by Crippen LogP contribution is 2.19. The lowest BCUT2D eigenvalue weighted by atomic mass is 10.2. The van der Waals surface area contributed by atoms with Gasteiger partial charge in [-0.15, -0.1) is 0 Å². The molecule has 3 N–H and O–H groups in total. The highest BCUT2D eigenvalue weighted by Gasteiger charge is 2.27. The third-order valence-electron chi connectivity index (χ3n) is 3.18. The van der Waals surface area contributed by atoms with Crippen molar-refractivity contribution >= 4 is 40.5 Å². The second-order valence-electron chi connectivity index (χ2n) is 5.01. The first kappa shape index (κ1) is 17.6. The SMILES string of the molecule is CC(=O)N(C(=O)C(=O)Nc1cccc([N+](=O)[O-])c1)c1ccc(N)cc1. The van der Waals surface area contributed by atoms with Crippen LogP contribution in [0.15, 0.2) is 48.5 Å². The number of non-ortho nitro benzene ring substituents is 1. The molecule has 2 rings (SSSR count). The molecular formula is C16H14N4O5. The van der Waals surface area contributed by atoms with Crippen LogP contribution in [0.1, 0.15) is 6.92 Å². The van der Waals surface area contributed by atoms with Gasteiger partial charge in [-0.25, -0.2) is 4.90 Å². The van der Waals surface area contributed by atoms with Crippen molar-refractivity contribution in [3.63, 3.8) is 0 Å². The summed E-state index contributed by atoms with van der Waals surface area (Å²) in [6.45, 7) is 1.13. The maximum atomic E-state index is 12.3. The fourth-order valence-corrected chi connectivity index (χ4v) is 2.05. The van der Waals surface area contributed by atoms with Crippen molar-refractivity contribution < 1.29 is 19.3 Å². The minimum atomic E-state index is -1.12. The van der Waals surface area contributed by atoms with Gasteiger partial charge in [0.25, 0.3) is 5.69 Å². The van der Waals surface area contributed by atoms with Gasteiger partial charge in [0.1, 0.15) is 0 Å². The molecule has 0 saturated heterocycles. The van der Waals surface area contributed by atoms with Crippen LogP contribution in [0.25, 0.3) is 0 Å². The van der Waals surface area contributed by atoms with Crippen LogP contribution in [0.4, 0.5) is 22.7 Å². The molecule has 9 heteroatoms.